The normalized spacial score (nSPS) is 11.6. The summed E-state index contributed by atoms with van der Waals surface area (Å²) in [5, 5.41) is 7.34. The first-order valence-corrected chi connectivity index (χ1v) is 8.78. The van der Waals surface area contributed by atoms with Crippen molar-refractivity contribution in [1.29, 1.82) is 0 Å². The number of rotatable bonds is 6. The van der Waals surface area contributed by atoms with Crippen LogP contribution in [0.3, 0.4) is 0 Å². The minimum atomic E-state index is 0.0512. The molecule has 0 amide bonds. The number of hydrogen-bond donors (Lipinski definition) is 2. The second-order valence-corrected chi connectivity index (χ2v) is 6.72. The lowest BCUT2D eigenvalue weighted by molar-refractivity contribution is 0.287. The van der Waals surface area contributed by atoms with Crippen LogP contribution in [0.5, 0.6) is 11.5 Å². The molecule has 6 heteroatoms. The van der Waals surface area contributed by atoms with Gasteiger partial charge in [-0.25, -0.2) is 0 Å². The van der Waals surface area contributed by atoms with E-state index in [1.54, 1.807) is 19.2 Å². The quantitative estimate of drug-likeness (QED) is 0.712. The highest BCUT2D eigenvalue weighted by atomic mass is 35.5. The minimum Gasteiger partial charge on any atom is -0.495 e. The monoisotopic (exact) mass is 378 g/mol. The molecule has 0 heterocycles. The van der Waals surface area contributed by atoms with Gasteiger partial charge in [0.25, 0.3) is 0 Å². The SMILES string of the molecule is COc1ccc(NC(=S)NC(C)COc2ccc(C)c(C)c2)cc1Cl. The number of aryl methyl sites for hydroxylation is 2. The van der Waals surface area contributed by atoms with E-state index in [0.717, 1.165) is 11.4 Å². The summed E-state index contributed by atoms with van der Waals surface area (Å²) in [5.74, 6) is 1.49. The molecule has 0 aromatic heterocycles. The van der Waals surface area contributed by atoms with Crippen LogP contribution >= 0.6 is 23.8 Å². The molecule has 0 bridgehead atoms. The van der Waals surface area contributed by atoms with Crippen molar-refractivity contribution < 1.29 is 9.47 Å². The lowest BCUT2D eigenvalue weighted by Gasteiger charge is -2.18. The third-order valence-corrected chi connectivity index (χ3v) is 4.28. The number of hydrogen-bond acceptors (Lipinski definition) is 3. The van der Waals surface area contributed by atoms with E-state index in [9.17, 15) is 0 Å². The number of methoxy groups -OCH3 is 1. The van der Waals surface area contributed by atoms with Gasteiger partial charge in [0.1, 0.15) is 18.1 Å². The molecule has 2 rings (SSSR count). The van der Waals surface area contributed by atoms with Crippen molar-refractivity contribution in [1.82, 2.24) is 5.32 Å². The zero-order chi connectivity index (χ0) is 18.4. The summed E-state index contributed by atoms with van der Waals surface area (Å²) in [6.45, 7) is 6.67. The summed E-state index contributed by atoms with van der Waals surface area (Å²) in [4.78, 5) is 0. The molecule has 134 valence electrons. The first-order valence-electron chi connectivity index (χ1n) is 8.00. The highest BCUT2D eigenvalue weighted by Crippen LogP contribution is 2.27. The Balaban J connectivity index is 1.83. The fourth-order valence-electron chi connectivity index (χ4n) is 2.20. The van der Waals surface area contributed by atoms with Gasteiger partial charge >= 0.3 is 0 Å². The molecule has 25 heavy (non-hydrogen) atoms. The molecule has 0 saturated carbocycles. The molecule has 2 aromatic rings. The fraction of sp³-hybridized carbons (Fsp3) is 0.316. The molecule has 0 radical (unpaired) electrons. The van der Waals surface area contributed by atoms with E-state index in [-0.39, 0.29) is 6.04 Å². The Bertz CT molecular complexity index is 752. The summed E-state index contributed by atoms with van der Waals surface area (Å²) < 4.78 is 11.0. The Labute approximate surface area is 159 Å². The van der Waals surface area contributed by atoms with Gasteiger partial charge in [-0.1, -0.05) is 17.7 Å². The zero-order valence-electron chi connectivity index (χ0n) is 14.9. The van der Waals surface area contributed by atoms with Gasteiger partial charge in [0, 0.05) is 5.69 Å². The van der Waals surface area contributed by atoms with Crippen LogP contribution in [0, 0.1) is 13.8 Å². The van der Waals surface area contributed by atoms with Crippen LogP contribution in [0.4, 0.5) is 5.69 Å². The van der Waals surface area contributed by atoms with Crippen LogP contribution in [-0.2, 0) is 0 Å². The van der Waals surface area contributed by atoms with Gasteiger partial charge in [0.15, 0.2) is 5.11 Å². The molecule has 0 aliphatic rings. The van der Waals surface area contributed by atoms with Gasteiger partial charge in [-0.05, 0) is 74.4 Å². The van der Waals surface area contributed by atoms with Crippen LogP contribution < -0.4 is 20.1 Å². The van der Waals surface area contributed by atoms with Crippen molar-refractivity contribution in [2.75, 3.05) is 19.0 Å². The summed E-state index contributed by atoms with van der Waals surface area (Å²) in [6.07, 6.45) is 0. The highest BCUT2D eigenvalue weighted by molar-refractivity contribution is 7.80. The first-order chi connectivity index (χ1) is 11.9. The summed E-state index contributed by atoms with van der Waals surface area (Å²) in [6, 6.07) is 11.5. The maximum Gasteiger partial charge on any atom is 0.171 e. The zero-order valence-corrected chi connectivity index (χ0v) is 16.4. The van der Waals surface area contributed by atoms with Crippen molar-refractivity contribution in [3.05, 3.63) is 52.5 Å². The largest absolute Gasteiger partial charge is 0.495 e. The molecular weight excluding hydrogens is 356 g/mol. The molecule has 0 spiro atoms. The highest BCUT2D eigenvalue weighted by Gasteiger charge is 2.08. The van der Waals surface area contributed by atoms with Crippen molar-refractivity contribution in [2.45, 2.75) is 26.8 Å². The number of nitrogens with one attached hydrogen (secondary N) is 2. The van der Waals surface area contributed by atoms with Crippen LogP contribution in [0.2, 0.25) is 5.02 Å². The Morgan fingerprint density at radius 3 is 2.56 bits per heavy atom. The molecular formula is C19H23ClN2O2S. The Morgan fingerprint density at radius 1 is 1.16 bits per heavy atom. The van der Waals surface area contributed by atoms with E-state index in [4.69, 9.17) is 33.3 Å². The summed E-state index contributed by atoms with van der Waals surface area (Å²) in [5.41, 5.74) is 3.26. The smallest absolute Gasteiger partial charge is 0.171 e. The maximum absolute atomic E-state index is 6.11. The van der Waals surface area contributed by atoms with Gasteiger partial charge in [0.2, 0.25) is 0 Å². The van der Waals surface area contributed by atoms with Gasteiger partial charge < -0.3 is 20.1 Å². The molecule has 0 saturated heterocycles. The van der Waals surface area contributed by atoms with E-state index in [1.807, 2.05) is 25.1 Å². The Hall–Kier alpha value is -1.98. The molecule has 1 atom stereocenters. The number of ether oxygens (including phenoxy) is 2. The van der Waals surface area contributed by atoms with Crippen molar-refractivity contribution in [3.63, 3.8) is 0 Å². The molecule has 0 aliphatic heterocycles. The third kappa shape index (κ3) is 5.80. The second-order valence-electron chi connectivity index (χ2n) is 5.91. The van der Waals surface area contributed by atoms with E-state index in [1.165, 1.54) is 11.1 Å². The average Bonchev–Trinajstić information content (AvgIpc) is 2.56. The van der Waals surface area contributed by atoms with Crippen molar-refractivity contribution >= 4 is 34.6 Å². The Morgan fingerprint density at radius 2 is 1.92 bits per heavy atom. The van der Waals surface area contributed by atoms with Crippen molar-refractivity contribution in [3.8, 4) is 11.5 Å². The topological polar surface area (TPSA) is 42.5 Å². The number of benzene rings is 2. The first kappa shape index (κ1) is 19.3. The molecule has 0 fully saturated rings. The van der Waals surface area contributed by atoms with Crippen LogP contribution in [0.25, 0.3) is 0 Å². The van der Waals surface area contributed by atoms with Gasteiger partial charge in [-0.15, -0.1) is 0 Å². The fourth-order valence-corrected chi connectivity index (χ4v) is 2.78. The van der Waals surface area contributed by atoms with Gasteiger partial charge in [0.05, 0.1) is 18.2 Å². The standard InChI is InChI=1S/C19H23ClN2O2S/c1-12-5-7-16(9-13(12)2)24-11-14(3)21-19(25)22-15-6-8-18(23-4)17(20)10-15/h5-10,14H,11H2,1-4H3,(H2,21,22,25). The minimum absolute atomic E-state index is 0.0512. The van der Waals surface area contributed by atoms with Gasteiger partial charge in [-0.3, -0.25) is 0 Å². The Kier molecular flexibility index (Phi) is 6.91. The second kappa shape index (κ2) is 8.92. The third-order valence-electron chi connectivity index (χ3n) is 3.77. The molecule has 2 aromatic carbocycles. The lowest BCUT2D eigenvalue weighted by Crippen LogP contribution is -2.39. The molecule has 4 nitrogen and oxygen atoms in total. The predicted molar refractivity (Wildman–Crippen MR) is 108 cm³/mol. The molecule has 1 unspecified atom stereocenters. The molecule has 0 aliphatic carbocycles. The van der Waals surface area contributed by atoms with E-state index >= 15 is 0 Å². The van der Waals surface area contributed by atoms with Gasteiger partial charge in [-0.2, -0.15) is 0 Å². The summed E-state index contributed by atoms with van der Waals surface area (Å²) >= 11 is 11.4. The van der Waals surface area contributed by atoms with Crippen LogP contribution in [0.1, 0.15) is 18.1 Å². The van der Waals surface area contributed by atoms with Crippen LogP contribution in [-0.4, -0.2) is 24.9 Å². The van der Waals surface area contributed by atoms with E-state index in [2.05, 4.69) is 30.5 Å². The van der Waals surface area contributed by atoms with E-state index in [0.29, 0.717) is 22.5 Å². The number of anilines is 1. The van der Waals surface area contributed by atoms with Crippen molar-refractivity contribution in [2.24, 2.45) is 0 Å². The van der Waals surface area contributed by atoms with Crippen LogP contribution in [0.15, 0.2) is 36.4 Å². The lowest BCUT2D eigenvalue weighted by atomic mass is 10.1. The van der Waals surface area contributed by atoms with E-state index < -0.39 is 0 Å². The number of thiocarbonyl (C=S) groups is 1. The number of halogens is 1. The maximum atomic E-state index is 6.11. The average molecular weight is 379 g/mol. The predicted octanol–water partition coefficient (Wildman–Crippen LogP) is 4.72. The molecule has 2 N–H and O–H groups in total. The summed E-state index contributed by atoms with van der Waals surface area (Å²) in [7, 11) is 1.58.